The van der Waals surface area contributed by atoms with Gasteiger partial charge in [-0.05, 0) is 71.9 Å². The molecule has 220 valence electrons. The van der Waals surface area contributed by atoms with Gasteiger partial charge in [0.15, 0.2) is 0 Å². The fourth-order valence-corrected chi connectivity index (χ4v) is 4.42. The summed E-state index contributed by atoms with van der Waals surface area (Å²) in [4.78, 5) is 54.0. The highest BCUT2D eigenvalue weighted by atomic mass is 16.6. The number of carbonyl (C=O) groups excluding carboxylic acids is 4. The van der Waals surface area contributed by atoms with E-state index in [0.29, 0.717) is 13.0 Å². The Hall–Kier alpha value is -3.10. The maximum Gasteiger partial charge on any atom is 0.408 e. The van der Waals surface area contributed by atoms with E-state index in [9.17, 15) is 19.2 Å². The van der Waals surface area contributed by atoms with Crippen LogP contribution in [-0.2, 0) is 19.1 Å². The van der Waals surface area contributed by atoms with Gasteiger partial charge < -0.3 is 26.0 Å². The Labute approximate surface area is 234 Å². The molecule has 1 rings (SSSR count). The summed E-state index contributed by atoms with van der Waals surface area (Å²) in [5, 5.41) is 5.73. The molecule has 9 nitrogen and oxygen atoms in total. The van der Waals surface area contributed by atoms with Crippen LogP contribution in [0.15, 0.2) is 18.2 Å². The lowest BCUT2D eigenvalue weighted by atomic mass is 9.95. The van der Waals surface area contributed by atoms with Crippen molar-refractivity contribution in [2.24, 2.45) is 5.73 Å². The molecule has 3 atom stereocenters. The molecule has 0 saturated carbocycles. The van der Waals surface area contributed by atoms with E-state index in [2.05, 4.69) is 24.5 Å². The smallest absolute Gasteiger partial charge is 0.408 e. The second-order valence-electron chi connectivity index (χ2n) is 11.4. The second-order valence-corrected chi connectivity index (χ2v) is 11.4. The number of hydrogen-bond donors (Lipinski definition) is 3. The summed E-state index contributed by atoms with van der Waals surface area (Å²) >= 11 is 0. The number of unbranched alkanes of at least 4 members (excludes halogenated alkanes) is 2. The molecule has 1 aromatic rings. The number of benzene rings is 1. The first-order chi connectivity index (χ1) is 18.2. The Morgan fingerprint density at radius 1 is 1.00 bits per heavy atom. The molecule has 0 bridgehead atoms. The van der Waals surface area contributed by atoms with Crippen molar-refractivity contribution in [2.45, 2.75) is 124 Å². The van der Waals surface area contributed by atoms with E-state index in [0.717, 1.165) is 42.4 Å². The zero-order valence-corrected chi connectivity index (χ0v) is 25.2. The van der Waals surface area contributed by atoms with Crippen LogP contribution in [0.1, 0.15) is 109 Å². The van der Waals surface area contributed by atoms with Crippen molar-refractivity contribution in [3.05, 3.63) is 34.9 Å². The van der Waals surface area contributed by atoms with Crippen molar-refractivity contribution in [1.82, 2.24) is 15.5 Å². The summed E-state index contributed by atoms with van der Waals surface area (Å²) in [5.41, 5.74) is 7.19. The lowest BCUT2D eigenvalue weighted by Gasteiger charge is -2.36. The molecule has 4 N–H and O–H groups in total. The first-order valence-electron chi connectivity index (χ1n) is 14.2. The molecule has 0 heterocycles. The number of amides is 4. The lowest BCUT2D eigenvalue weighted by molar-refractivity contribution is -0.143. The number of rotatable bonds is 15. The van der Waals surface area contributed by atoms with Gasteiger partial charge in [0.25, 0.3) is 0 Å². The summed E-state index contributed by atoms with van der Waals surface area (Å²) in [6.45, 7) is 15.4. The van der Waals surface area contributed by atoms with Gasteiger partial charge in [-0.1, -0.05) is 56.9 Å². The van der Waals surface area contributed by atoms with Crippen LogP contribution >= 0.6 is 0 Å². The average Bonchev–Trinajstić information content (AvgIpc) is 2.81. The van der Waals surface area contributed by atoms with Crippen LogP contribution in [-0.4, -0.2) is 52.9 Å². The normalized spacial score (nSPS) is 13.6. The van der Waals surface area contributed by atoms with Gasteiger partial charge in [0.2, 0.25) is 17.7 Å². The minimum atomic E-state index is -1.09. The van der Waals surface area contributed by atoms with E-state index in [1.807, 2.05) is 39.0 Å². The molecule has 9 heteroatoms. The van der Waals surface area contributed by atoms with E-state index in [1.54, 1.807) is 25.7 Å². The third kappa shape index (κ3) is 12.1. The van der Waals surface area contributed by atoms with Crippen LogP contribution in [0, 0.1) is 13.8 Å². The van der Waals surface area contributed by atoms with Crippen LogP contribution < -0.4 is 16.4 Å². The molecule has 1 aromatic carbocycles. The van der Waals surface area contributed by atoms with Crippen molar-refractivity contribution >= 4 is 23.8 Å². The zero-order chi connectivity index (χ0) is 29.8. The third-order valence-electron chi connectivity index (χ3n) is 6.35. The summed E-state index contributed by atoms with van der Waals surface area (Å²) in [6, 6.07) is 3.76. The third-order valence-corrected chi connectivity index (χ3v) is 6.35. The van der Waals surface area contributed by atoms with Gasteiger partial charge in [-0.2, -0.15) is 0 Å². The van der Waals surface area contributed by atoms with Crippen molar-refractivity contribution < 1.29 is 23.9 Å². The molecule has 0 aliphatic carbocycles. The maximum absolute atomic E-state index is 14.2. The van der Waals surface area contributed by atoms with Gasteiger partial charge in [0.1, 0.15) is 17.7 Å². The maximum atomic E-state index is 14.2. The van der Waals surface area contributed by atoms with Crippen LogP contribution in [0.5, 0.6) is 0 Å². The Morgan fingerprint density at radius 3 is 2.23 bits per heavy atom. The molecule has 0 aromatic heterocycles. The van der Waals surface area contributed by atoms with Crippen molar-refractivity contribution in [3.8, 4) is 0 Å². The predicted molar refractivity (Wildman–Crippen MR) is 154 cm³/mol. The van der Waals surface area contributed by atoms with E-state index >= 15 is 0 Å². The lowest BCUT2D eigenvalue weighted by Crippen LogP contribution is -2.54. The van der Waals surface area contributed by atoms with E-state index < -0.39 is 35.6 Å². The molecule has 0 spiro atoms. The van der Waals surface area contributed by atoms with Crippen LogP contribution in [0.4, 0.5) is 4.79 Å². The van der Waals surface area contributed by atoms with Gasteiger partial charge in [0.05, 0.1) is 0 Å². The first kappa shape index (κ1) is 33.9. The first-order valence-corrected chi connectivity index (χ1v) is 14.2. The van der Waals surface area contributed by atoms with Gasteiger partial charge in [-0.15, -0.1) is 0 Å². The monoisotopic (exact) mass is 546 g/mol. The number of ether oxygens (including phenoxy) is 1. The summed E-state index contributed by atoms with van der Waals surface area (Å²) in [7, 11) is 0. The second kappa shape index (κ2) is 16.1. The zero-order valence-electron chi connectivity index (χ0n) is 25.2. The Morgan fingerprint density at radius 2 is 1.67 bits per heavy atom. The van der Waals surface area contributed by atoms with Crippen LogP contribution in [0.2, 0.25) is 0 Å². The molecule has 0 radical (unpaired) electrons. The molecule has 0 fully saturated rings. The largest absolute Gasteiger partial charge is 0.444 e. The molecule has 39 heavy (non-hydrogen) atoms. The number of hydrogen-bond acceptors (Lipinski definition) is 5. The van der Waals surface area contributed by atoms with Gasteiger partial charge in [-0.25, -0.2) is 4.79 Å². The number of nitrogens with one attached hydrogen (secondary N) is 2. The van der Waals surface area contributed by atoms with Gasteiger partial charge in [0, 0.05) is 19.0 Å². The number of alkyl carbamates (subject to hydrolysis) is 1. The standard InChI is InChI=1S/C30H50N4O5/c1-9-11-12-18-34(28(37)24(16-17-25(31)35)33-29(38)39-30(6,7)8)26(27(36)32-22(5)13-10-2)23-19-20(3)14-15-21(23)4/h14-15,19,22,24,26H,9-13,16-18H2,1-8H3,(H2,31,35)(H,32,36)(H,33,38). The highest BCUT2D eigenvalue weighted by molar-refractivity contribution is 5.92. The summed E-state index contributed by atoms with van der Waals surface area (Å²) in [6.07, 6.45) is 3.28. The Bertz CT molecular complexity index is 973. The number of nitrogens with zero attached hydrogens (tertiary/aromatic N) is 1. The highest BCUT2D eigenvalue weighted by Gasteiger charge is 2.37. The van der Waals surface area contributed by atoms with Gasteiger partial charge in [-0.3, -0.25) is 14.4 Å². The molecular weight excluding hydrogens is 496 g/mol. The fraction of sp³-hybridized carbons (Fsp3) is 0.667. The molecule has 0 saturated heterocycles. The fourth-order valence-electron chi connectivity index (χ4n) is 4.42. The number of primary amides is 1. The predicted octanol–water partition coefficient (Wildman–Crippen LogP) is 4.83. The number of nitrogens with two attached hydrogens (primary N) is 1. The minimum absolute atomic E-state index is 0.00887. The topological polar surface area (TPSA) is 131 Å². The van der Waals surface area contributed by atoms with E-state index in [4.69, 9.17) is 10.5 Å². The van der Waals surface area contributed by atoms with E-state index in [1.165, 1.54) is 0 Å². The molecule has 0 aliphatic rings. The van der Waals surface area contributed by atoms with Gasteiger partial charge >= 0.3 is 6.09 Å². The van der Waals surface area contributed by atoms with Crippen LogP contribution in [0.3, 0.4) is 0 Å². The van der Waals surface area contributed by atoms with E-state index in [-0.39, 0.29) is 24.8 Å². The molecular formula is C30H50N4O5. The molecule has 0 aliphatic heterocycles. The number of aryl methyl sites for hydroxylation is 2. The Kier molecular flexibility index (Phi) is 14.0. The molecule has 4 amide bonds. The average molecular weight is 547 g/mol. The highest BCUT2D eigenvalue weighted by Crippen LogP contribution is 2.28. The quantitative estimate of drug-likeness (QED) is 0.271. The minimum Gasteiger partial charge on any atom is -0.444 e. The van der Waals surface area contributed by atoms with Crippen molar-refractivity contribution in [2.75, 3.05) is 6.54 Å². The van der Waals surface area contributed by atoms with Crippen molar-refractivity contribution in [3.63, 3.8) is 0 Å². The summed E-state index contributed by atoms with van der Waals surface area (Å²) < 4.78 is 5.39. The van der Waals surface area contributed by atoms with Crippen LogP contribution in [0.25, 0.3) is 0 Å². The van der Waals surface area contributed by atoms with Crippen molar-refractivity contribution in [1.29, 1.82) is 0 Å². The SMILES string of the molecule is CCCCCN(C(=O)C(CCC(N)=O)NC(=O)OC(C)(C)C)C(C(=O)NC(C)CCC)c1cc(C)ccc1C. The molecule has 3 unspecified atom stereocenters. The Balaban J connectivity index is 3.60. The summed E-state index contributed by atoms with van der Waals surface area (Å²) in [5.74, 6) is -1.32. The number of carbonyl (C=O) groups is 4.